The zero-order chi connectivity index (χ0) is 14.8. The predicted molar refractivity (Wildman–Crippen MR) is 87.7 cm³/mol. The van der Waals surface area contributed by atoms with Crippen LogP contribution in [0.15, 0.2) is 6.07 Å². The minimum Gasteiger partial charge on any atom is -0.391 e. The van der Waals surface area contributed by atoms with Crippen molar-refractivity contribution in [3.63, 3.8) is 0 Å². The molecule has 0 aliphatic heterocycles. The summed E-state index contributed by atoms with van der Waals surface area (Å²) in [5, 5.41) is 14.7. The van der Waals surface area contributed by atoms with Gasteiger partial charge in [0, 0.05) is 4.88 Å². The summed E-state index contributed by atoms with van der Waals surface area (Å²) in [5.41, 5.74) is 5.83. The number of nitrogens with zero attached hydrogens (tertiary/aromatic N) is 2. The zero-order valence-electron chi connectivity index (χ0n) is 12.3. The average Bonchev–Trinajstić information content (AvgIpc) is 2.77. The molecule has 3 rings (SSSR count). The summed E-state index contributed by atoms with van der Waals surface area (Å²) >= 11 is 1.66. The van der Waals surface area contributed by atoms with Crippen LogP contribution < -0.4 is 11.1 Å². The third kappa shape index (κ3) is 3.11. The molecule has 4 N–H and O–H groups in total. The van der Waals surface area contributed by atoms with Gasteiger partial charge in [0.05, 0.1) is 17.5 Å². The molecule has 1 aliphatic rings. The number of nitrogens with two attached hydrogens (primary N) is 1. The number of hydrogen-bond acceptors (Lipinski definition) is 6. The molecule has 1 fully saturated rings. The van der Waals surface area contributed by atoms with Crippen LogP contribution in [0.1, 0.15) is 43.9 Å². The maximum atomic E-state index is 10.3. The molecule has 21 heavy (non-hydrogen) atoms. The minimum absolute atomic E-state index is 0.0509. The van der Waals surface area contributed by atoms with Gasteiger partial charge in [-0.05, 0) is 25.3 Å². The summed E-state index contributed by atoms with van der Waals surface area (Å²) in [4.78, 5) is 10.9. The van der Waals surface area contributed by atoms with Crippen LogP contribution in [-0.4, -0.2) is 27.2 Å². The normalized spacial score (nSPS) is 23.1. The van der Waals surface area contributed by atoms with Crippen molar-refractivity contribution in [2.45, 2.75) is 57.6 Å². The van der Waals surface area contributed by atoms with Gasteiger partial charge in [-0.3, -0.25) is 0 Å². The first-order chi connectivity index (χ1) is 10.2. The lowest BCUT2D eigenvalue weighted by Gasteiger charge is -2.22. The fourth-order valence-corrected chi connectivity index (χ4v) is 3.88. The molecule has 0 radical (unpaired) electrons. The summed E-state index contributed by atoms with van der Waals surface area (Å²) in [6, 6.07) is 2.18. The molecule has 2 aromatic heterocycles. The van der Waals surface area contributed by atoms with E-state index in [1.54, 1.807) is 11.3 Å². The van der Waals surface area contributed by atoms with E-state index in [2.05, 4.69) is 28.3 Å². The number of aliphatic hydroxyl groups is 1. The summed E-state index contributed by atoms with van der Waals surface area (Å²) in [7, 11) is 0. The van der Waals surface area contributed by atoms with Gasteiger partial charge >= 0.3 is 0 Å². The Kier molecular flexibility index (Phi) is 4.26. The number of fused-ring (bicyclic) bond motifs is 1. The van der Waals surface area contributed by atoms with Gasteiger partial charge in [0.1, 0.15) is 10.6 Å². The first kappa shape index (κ1) is 14.5. The average molecular weight is 306 g/mol. The van der Waals surface area contributed by atoms with E-state index in [4.69, 9.17) is 5.73 Å². The van der Waals surface area contributed by atoms with Crippen LogP contribution in [0.3, 0.4) is 0 Å². The van der Waals surface area contributed by atoms with E-state index in [1.165, 1.54) is 11.3 Å². The summed E-state index contributed by atoms with van der Waals surface area (Å²) in [6.07, 6.45) is 5.91. The third-order valence-electron chi connectivity index (χ3n) is 4.11. The van der Waals surface area contributed by atoms with Crippen LogP contribution in [0.25, 0.3) is 10.2 Å². The second kappa shape index (κ2) is 6.15. The van der Waals surface area contributed by atoms with Crippen LogP contribution in [0.5, 0.6) is 0 Å². The molecule has 2 heterocycles. The van der Waals surface area contributed by atoms with Crippen molar-refractivity contribution in [2.75, 3.05) is 11.1 Å². The first-order valence-electron chi connectivity index (χ1n) is 7.68. The SMILES string of the molecule is CCc1cc2c(NC3CCCCCC3O)nc(N)nc2s1. The second-order valence-electron chi connectivity index (χ2n) is 5.67. The lowest BCUT2D eigenvalue weighted by molar-refractivity contribution is 0.144. The molecule has 0 spiro atoms. The molecule has 6 heteroatoms. The lowest BCUT2D eigenvalue weighted by atomic mass is 10.1. The molecule has 0 aromatic carbocycles. The molecular weight excluding hydrogens is 284 g/mol. The van der Waals surface area contributed by atoms with Crippen LogP contribution in [-0.2, 0) is 6.42 Å². The molecule has 5 nitrogen and oxygen atoms in total. The van der Waals surface area contributed by atoms with Gasteiger partial charge in [-0.1, -0.05) is 26.2 Å². The van der Waals surface area contributed by atoms with Gasteiger partial charge < -0.3 is 16.2 Å². The Morgan fingerprint density at radius 2 is 2.14 bits per heavy atom. The molecule has 1 aliphatic carbocycles. The third-order valence-corrected chi connectivity index (χ3v) is 5.28. The van der Waals surface area contributed by atoms with Crippen molar-refractivity contribution in [3.05, 3.63) is 10.9 Å². The Labute approximate surface area is 128 Å². The van der Waals surface area contributed by atoms with E-state index in [9.17, 15) is 5.11 Å². The molecule has 1 saturated carbocycles. The van der Waals surface area contributed by atoms with Gasteiger partial charge in [-0.25, -0.2) is 4.98 Å². The monoisotopic (exact) mass is 306 g/mol. The fraction of sp³-hybridized carbons (Fsp3) is 0.600. The molecule has 0 bridgehead atoms. The Balaban J connectivity index is 1.93. The van der Waals surface area contributed by atoms with E-state index in [0.29, 0.717) is 0 Å². The van der Waals surface area contributed by atoms with E-state index >= 15 is 0 Å². The highest BCUT2D eigenvalue weighted by atomic mass is 32.1. The fourth-order valence-electron chi connectivity index (χ4n) is 2.90. The van der Waals surface area contributed by atoms with E-state index in [1.807, 2.05) is 0 Å². The molecule has 0 amide bonds. The number of aliphatic hydroxyl groups excluding tert-OH is 1. The van der Waals surface area contributed by atoms with Crippen molar-refractivity contribution < 1.29 is 5.11 Å². The van der Waals surface area contributed by atoms with Gasteiger partial charge in [0.15, 0.2) is 0 Å². The van der Waals surface area contributed by atoms with Crippen LogP contribution in [0, 0.1) is 0 Å². The maximum Gasteiger partial charge on any atom is 0.223 e. The number of thiophene rings is 1. The van der Waals surface area contributed by atoms with Crippen molar-refractivity contribution >= 4 is 33.3 Å². The maximum absolute atomic E-state index is 10.3. The molecule has 0 saturated heterocycles. The number of nitrogen functional groups attached to an aromatic ring is 1. The second-order valence-corrected chi connectivity index (χ2v) is 6.79. The highest BCUT2D eigenvalue weighted by Crippen LogP contribution is 2.31. The highest BCUT2D eigenvalue weighted by molar-refractivity contribution is 7.18. The quantitative estimate of drug-likeness (QED) is 0.759. The summed E-state index contributed by atoms with van der Waals surface area (Å²) < 4.78 is 0. The van der Waals surface area contributed by atoms with Gasteiger partial charge in [0.25, 0.3) is 0 Å². The first-order valence-corrected chi connectivity index (χ1v) is 8.49. The smallest absolute Gasteiger partial charge is 0.223 e. The summed E-state index contributed by atoms with van der Waals surface area (Å²) in [5.74, 6) is 1.05. The molecule has 2 atom stereocenters. The highest BCUT2D eigenvalue weighted by Gasteiger charge is 2.23. The molecular formula is C15H22N4OS. The molecule has 2 aromatic rings. The van der Waals surface area contributed by atoms with E-state index in [0.717, 1.165) is 48.1 Å². The van der Waals surface area contributed by atoms with Crippen molar-refractivity contribution in [1.82, 2.24) is 9.97 Å². The number of anilines is 2. The van der Waals surface area contributed by atoms with Crippen LogP contribution in [0.2, 0.25) is 0 Å². The lowest BCUT2D eigenvalue weighted by Crippen LogP contribution is -2.32. The van der Waals surface area contributed by atoms with Crippen molar-refractivity contribution in [3.8, 4) is 0 Å². The molecule has 114 valence electrons. The Bertz CT molecular complexity index is 627. The standard InChI is InChI=1S/C15H22N4OS/c1-2-9-8-10-13(18-15(16)19-14(10)21-9)17-11-6-4-3-5-7-12(11)20/h8,11-12,20H,2-7H2,1H3,(H3,16,17,18,19). The van der Waals surface area contributed by atoms with E-state index in [-0.39, 0.29) is 18.1 Å². The Morgan fingerprint density at radius 3 is 2.95 bits per heavy atom. The predicted octanol–water partition coefficient (Wildman–Crippen LogP) is 2.94. The summed E-state index contributed by atoms with van der Waals surface area (Å²) in [6.45, 7) is 2.13. The van der Waals surface area contributed by atoms with Gasteiger partial charge in [0.2, 0.25) is 5.95 Å². The van der Waals surface area contributed by atoms with Gasteiger partial charge in [-0.15, -0.1) is 11.3 Å². The van der Waals surface area contributed by atoms with Crippen LogP contribution in [0.4, 0.5) is 11.8 Å². The van der Waals surface area contributed by atoms with Crippen molar-refractivity contribution in [1.29, 1.82) is 0 Å². The Morgan fingerprint density at radius 1 is 1.33 bits per heavy atom. The Hall–Kier alpha value is -1.40. The minimum atomic E-state index is -0.317. The number of nitrogens with one attached hydrogen (secondary N) is 1. The molecule has 2 unspecified atom stereocenters. The van der Waals surface area contributed by atoms with Gasteiger partial charge in [-0.2, -0.15) is 4.98 Å². The van der Waals surface area contributed by atoms with Crippen LogP contribution >= 0.6 is 11.3 Å². The number of hydrogen-bond donors (Lipinski definition) is 3. The topological polar surface area (TPSA) is 84.1 Å². The van der Waals surface area contributed by atoms with Crippen molar-refractivity contribution in [2.24, 2.45) is 0 Å². The zero-order valence-corrected chi connectivity index (χ0v) is 13.1. The van der Waals surface area contributed by atoms with E-state index < -0.39 is 0 Å². The largest absolute Gasteiger partial charge is 0.391 e. The number of rotatable bonds is 3. The number of aromatic nitrogens is 2. The number of aryl methyl sites for hydroxylation is 1.